The summed E-state index contributed by atoms with van der Waals surface area (Å²) < 4.78 is 27.5. The number of anilines is 1. The number of hydrogen-bond donors (Lipinski definition) is 2. The molecule has 2 aromatic heterocycles. The summed E-state index contributed by atoms with van der Waals surface area (Å²) in [5, 5.41) is 5.03. The first kappa shape index (κ1) is 15.0. The van der Waals surface area contributed by atoms with Gasteiger partial charge in [0, 0.05) is 18.9 Å². The molecular weight excluding hydrogens is 294 g/mol. The van der Waals surface area contributed by atoms with Gasteiger partial charge in [0.25, 0.3) is 10.0 Å². The van der Waals surface area contributed by atoms with Crippen LogP contribution in [0.4, 0.5) is 5.69 Å². The van der Waals surface area contributed by atoms with E-state index in [9.17, 15) is 8.42 Å². The average molecular weight is 311 g/mol. The number of rotatable bonds is 6. The van der Waals surface area contributed by atoms with Gasteiger partial charge in [-0.2, -0.15) is 0 Å². The highest BCUT2D eigenvalue weighted by molar-refractivity contribution is 7.94. The number of aromatic nitrogens is 1. The van der Waals surface area contributed by atoms with Crippen LogP contribution in [0, 0.1) is 6.92 Å². The summed E-state index contributed by atoms with van der Waals surface area (Å²) in [5.74, 6) is 0. The first-order valence-electron chi connectivity index (χ1n) is 6.24. The molecule has 0 saturated heterocycles. The average Bonchev–Trinajstić information content (AvgIpc) is 2.88. The van der Waals surface area contributed by atoms with Gasteiger partial charge in [0.2, 0.25) is 0 Å². The third kappa shape index (κ3) is 3.56. The SMILES string of the molecule is CCNCc1csc(S(=O)(=O)Nc2ccncc2C)c1. The van der Waals surface area contributed by atoms with E-state index in [1.54, 1.807) is 24.5 Å². The third-order valence-corrected chi connectivity index (χ3v) is 5.59. The maximum Gasteiger partial charge on any atom is 0.271 e. The number of sulfonamides is 1. The zero-order chi connectivity index (χ0) is 14.6. The zero-order valence-electron chi connectivity index (χ0n) is 11.4. The molecule has 0 fully saturated rings. The molecule has 0 radical (unpaired) electrons. The van der Waals surface area contributed by atoms with Crippen molar-refractivity contribution >= 4 is 27.0 Å². The first-order chi connectivity index (χ1) is 9.53. The molecular formula is C13H17N3O2S2. The summed E-state index contributed by atoms with van der Waals surface area (Å²) >= 11 is 1.23. The maximum absolute atomic E-state index is 12.3. The smallest absolute Gasteiger partial charge is 0.271 e. The quantitative estimate of drug-likeness (QED) is 0.859. The second kappa shape index (κ2) is 6.34. The predicted molar refractivity (Wildman–Crippen MR) is 81.5 cm³/mol. The van der Waals surface area contributed by atoms with Crippen molar-refractivity contribution in [1.29, 1.82) is 0 Å². The van der Waals surface area contributed by atoms with Gasteiger partial charge in [-0.3, -0.25) is 9.71 Å². The Kier molecular flexibility index (Phi) is 4.74. The van der Waals surface area contributed by atoms with Crippen LogP contribution in [0.25, 0.3) is 0 Å². The van der Waals surface area contributed by atoms with E-state index < -0.39 is 10.0 Å². The van der Waals surface area contributed by atoms with Crippen molar-refractivity contribution in [3.05, 3.63) is 41.0 Å². The van der Waals surface area contributed by atoms with Gasteiger partial charge in [-0.25, -0.2) is 8.42 Å². The van der Waals surface area contributed by atoms with Crippen LogP contribution in [0.3, 0.4) is 0 Å². The largest absolute Gasteiger partial charge is 0.313 e. The highest BCUT2D eigenvalue weighted by Gasteiger charge is 2.17. The van der Waals surface area contributed by atoms with Crippen LogP contribution in [0.5, 0.6) is 0 Å². The Bertz CT molecular complexity index is 680. The summed E-state index contributed by atoms with van der Waals surface area (Å²) in [6, 6.07) is 3.35. The Morgan fingerprint density at radius 1 is 1.40 bits per heavy atom. The molecule has 108 valence electrons. The Balaban J connectivity index is 2.18. The molecule has 0 aliphatic heterocycles. The minimum Gasteiger partial charge on any atom is -0.313 e. The normalized spacial score (nSPS) is 11.5. The van der Waals surface area contributed by atoms with Gasteiger partial charge in [-0.15, -0.1) is 11.3 Å². The summed E-state index contributed by atoms with van der Waals surface area (Å²) in [4.78, 5) is 3.95. The number of hydrogen-bond acceptors (Lipinski definition) is 5. The molecule has 2 rings (SSSR count). The standard InChI is InChI=1S/C13H17N3O2S2/c1-3-14-8-11-6-13(19-9-11)20(17,18)16-12-4-5-15-7-10(12)2/h4-7,9,14H,3,8H2,1-2H3,(H,15,16). The molecule has 0 saturated carbocycles. The van der Waals surface area contributed by atoms with Crippen molar-refractivity contribution < 1.29 is 8.42 Å². The number of thiophene rings is 1. The van der Waals surface area contributed by atoms with Crippen molar-refractivity contribution in [2.24, 2.45) is 0 Å². The highest BCUT2D eigenvalue weighted by atomic mass is 32.2. The Morgan fingerprint density at radius 2 is 2.20 bits per heavy atom. The van der Waals surface area contributed by atoms with Gasteiger partial charge >= 0.3 is 0 Å². The van der Waals surface area contributed by atoms with Gasteiger partial charge < -0.3 is 5.32 Å². The highest BCUT2D eigenvalue weighted by Crippen LogP contribution is 2.24. The van der Waals surface area contributed by atoms with Gasteiger partial charge in [-0.05, 0) is 42.1 Å². The Hall–Kier alpha value is -1.44. The van der Waals surface area contributed by atoms with Crippen LogP contribution in [0.15, 0.2) is 34.1 Å². The second-order valence-corrected chi connectivity index (χ2v) is 7.17. The fraction of sp³-hybridized carbons (Fsp3) is 0.308. The predicted octanol–water partition coefficient (Wildman–Crippen LogP) is 2.36. The van der Waals surface area contributed by atoms with Crippen molar-refractivity contribution in [2.45, 2.75) is 24.6 Å². The molecule has 0 bridgehead atoms. The fourth-order valence-electron chi connectivity index (χ4n) is 1.64. The van der Waals surface area contributed by atoms with Crippen LogP contribution in [0.1, 0.15) is 18.1 Å². The molecule has 5 nitrogen and oxygen atoms in total. The molecule has 0 aromatic carbocycles. The fourth-order valence-corrected chi connectivity index (χ4v) is 3.98. The van der Waals surface area contributed by atoms with E-state index in [4.69, 9.17) is 0 Å². The summed E-state index contributed by atoms with van der Waals surface area (Å²) in [7, 11) is -3.53. The van der Waals surface area contributed by atoms with Gasteiger partial charge in [0.1, 0.15) is 4.21 Å². The molecule has 0 aliphatic carbocycles. The Morgan fingerprint density at radius 3 is 2.90 bits per heavy atom. The lowest BCUT2D eigenvalue weighted by Crippen LogP contribution is -2.13. The molecule has 0 spiro atoms. The maximum atomic E-state index is 12.3. The van der Waals surface area contributed by atoms with Crippen LogP contribution < -0.4 is 10.0 Å². The van der Waals surface area contributed by atoms with Gasteiger partial charge in [0.15, 0.2) is 0 Å². The zero-order valence-corrected chi connectivity index (χ0v) is 13.0. The number of pyridine rings is 1. The lowest BCUT2D eigenvalue weighted by molar-refractivity contribution is 0.603. The van der Waals surface area contributed by atoms with Crippen LogP contribution in [-0.4, -0.2) is 19.9 Å². The molecule has 7 heteroatoms. The van der Waals surface area contributed by atoms with E-state index >= 15 is 0 Å². The lowest BCUT2D eigenvalue weighted by atomic mass is 10.3. The number of aryl methyl sites for hydroxylation is 1. The van der Waals surface area contributed by atoms with Crippen molar-refractivity contribution in [3.8, 4) is 0 Å². The van der Waals surface area contributed by atoms with E-state index in [2.05, 4.69) is 15.0 Å². The third-order valence-electron chi connectivity index (χ3n) is 2.74. The number of nitrogens with zero attached hydrogens (tertiary/aromatic N) is 1. The van der Waals surface area contributed by atoms with E-state index in [1.165, 1.54) is 11.3 Å². The summed E-state index contributed by atoms with van der Waals surface area (Å²) in [6.07, 6.45) is 3.19. The van der Waals surface area contributed by atoms with E-state index in [1.807, 2.05) is 19.2 Å². The topological polar surface area (TPSA) is 71.1 Å². The van der Waals surface area contributed by atoms with E-state index in [0.29, 0.717) is 16.4 Å². The molecule has 20 heavy (non-hydrogen) atoms. The first-order valence-corrected chi connectivity index (χ1v) is 8.61. The van der Waals surface area contributed by atoms with E-state index in [0.717, 1.165) is 17.7 Å². The molecule has 2 N–H and O–H groups in total. The van der Waals surface area contributed by atoms with Crippen LogP contribution >= 0.6 is 11.3 Å². The molecule has 0 unspecified atom stereocenters. The van der Waals surface area contributed by atoms with Crippen molar-refractivity contribution in [1.82, 2.24) is 10.3 Å². The van der Waals surface area contributed by atoms with Gasteiger partial charge in [0.05, 0.1) is 5.69 Å². The minimum absolute atomic E-state index is 0.321. The molecule has 0 aliphatic rings. The van der Waals surface area contributed by atoms with Crippen molar-refractivity contribution in [3.63, 3.8) is 0 Å². The monoisotopic (exact) mass is 311 g/mol. The molecule has 0 amide bonds. The minimum atomic E-state index is -3.53. The Labute approximate surface area is 123 Å². The van der Waals surface area contributed by atoms with Crippen molar-refractivity contribution in [2.75, 3.05) is 11.3 Å². The molecule has 2 aromatic rings. The molecule has 2 heterocycles. The van der Waals surface area contributed by atoms with Crippen LogP contribution in [0.2, 0.25) is 0 Å². The number of nitrogens with one attached hydrogen (secondary N) is 2. The summed E-state index contributed by atoms with van der Waals surface area (Å²) in [6.45, 7) is 5.36. The van der Waals surface area contributed by atoms with E-state index in [-0.39, 0.29) is 0 Å². The second-order valence-electron chi connectivity index (χ2n) is 4.35. The van der Waals surface area contributed by atoms with Gasteiger partial charge in [-0.1, -0.05) is 6.92 Å². The summed E-state index contributed by atoms with van der Waals surface area (Å²) in [5.41, 5.74) is 2.32. The lowest BCUT2D eigenvalue weighted by Gasteiger charge is -2.08. The molecule has 0 atom stereocenters. The van der Waals surface area contributed by atoms with Crippen LogP contribution in [-0.2, 0) is 16.6 Å².